The van der Waals surface area contributed by atoms with E-state index in [1.165, 1.54) is 17.4 Å². The summed E-state index contributed by atoms with van der Waals surface area (Å²) in [4.78, 5) is 13.6. The van der Waals surface area contributed by atoms with Gasteiger partial charge in [-0.25, -0.2) is 0 Å². The summed E-state index contributed by atoms with van der Waals surface area (Å²) in [7, 11) is -4.02. The molecule has 0 spiro atoms. The molecule has 0 saturated carbocycles. The Morgan fingerprint density at radius 2 is 1.61 bits per heavy atom. The van der Waals surface area contributed by atoms with Crippen LogP contribution in [-0.4, -0.2) is 53.1 Å². The number of aromatic nitrogens is 1. The molecular weight excluding hydrogens is 405 g/mol. The molecule has 28 heavy (non-hydrogen) atoms. The SMILES string of the molecule is Cc1ccc(S(=O)(=O)O)cc1.O=C(NCC(O)O)C(F)(F)F.c1ccncc1. The van der Waals surface area contributed by atoms with Crippen LogP contribution in [0.1, 0.15) is 5.56 Å². The highest BCUT2D eigenvalue weighted by atomic mass is 32.2. The molecule has 1 heterocycles. The highest BCUT2D eigenvalue weighted by Crippen LogP contribution is 2.13. The first-order valence-corrected chi connectivity index (χ1v) is 8.88. The van der Waals surface area contributed by atoms with E-state index in [1.807, 2.05) is 25.1 Å². The summed E-state index contributed by atoms with van der Waals surface area (Å²) in [6.45, 7) is 1.01. The molecule has 2 aromatic rings. The average molecular weight is 424 g/mol. The summed E-state index contributed by atoms with van der Waals surface area (Å²) < 4.78 is 63.5. The van der Waals surface area contributed by atoms with E-state index in [1.54, 1.807) is 24.5 Å². The third kappa shape index (κ3) is 12.8. The first-order valence-electron chi connectivity index (χ1n) is 7.44. The molecule has 0 aliphatic carbocycles. The van der Waals surface area contributed by atoms with Gasteiger partial charge in [0.15, 0.2) is 6.29 Å². The fraction of sp³-hybridized carbons (Fsp3) is 0.250. The lowest BCUT2D eigenvalue weighted by atomic mass is 10.2. The Kier molecular flexibility index (Phi) is 10.9. The standard InChI is InChI=1S/C7H8O3S.C5H5N.C4H6F3NO3/c1-6-2-4-7(5-3-6)11(8,9)10;1-2-4-6-5-3-1;5-4(6,7)3(11)8-1-2(9)10/h2-5H,1H3,(H,8,9,10);1-5H;2,9-10H,1H2,(H,8,11). The quantitative estimate of drug-likeness (QED) is 0.431. The van der Waals surface area contributed by atoms with Crippen molar-refractivity contribution in [1.82, 2.24) is 10.3 Å². The fourth-order valence-electron chi connectivity index (χ4n) is 1.31. The maximum atomic E-state index is 11.3. The number of aryl methyl sites for hydroxylation is 1. The number of rotatable bonds is 3. The minimum atomic E-state index is -4.98. The fourth-order valence-corrected chi connectivity index (χ4v) is 1.79. The molecule has 0 radical (unpaired) electrons. The molecule has 8 nitrogen and oxygen atoms in total. The molecule has 12 heteroatoms. The van der Waals surface area contributed by atoms with Crippen LogP contribution < -0.4 is 5.32 Å². The zero-order valence-electron chi connectivity index (χ0n) is 14.5. The molecule has 0 aliphatic heterocycles. The normalized spacial score (nSPS) is 10.9. The highest BCUT2D eigenvalue weighted by molar-refractivity contribution is 7.85. The molecule has 0 atom stereocenters. The molecule has 0 fully saturated rings. The Bertz CT molecular complexity index is 771. The summed E-state index contributed by atoms with van der Waals surface area (Å²) >= 11 is 0. The molecule has 1 amide bonds. The van der Waals surface area contributed by atoms with Crippen LogP contribution in [0, 0.1) is 6.92 Å². The second kappa shape index (κ2) is 12.0. The number of amides is 1. The number of aliphatic hydroxyl groups is 2. The van der Waals surface area contributed by atoms with E-state index in [0.717, 1.165) is 5.56 Å². The van der Waals surface area contributed by atoms with Gasteiger partial charge in [0, 0.05) is 12.4 Å². The lowest BCUT2D eigenvalue weighted by Crippen LogP contribution is -2.40. The molecule has 0 aliphatic rings. The first-order chi connectivity index (χ1) is 12.8. The summed E-state index contributed by atoms with van der Waals surface area (Å²) in [5.74, 6) is -2.19. The van der Waals surface area contributed by atoms with Crippen molar-refractivity contribution in [2.45, 2.75) is 24.3 Å². The van der Waals surface area contributed by atoms with Crippen LogP contribution in [0.25, 0.3) is 0 Å². The summed E-state index contributed by atoms with van der Waals surface area (Å²) in [6.07, 6.45) is -3.45. The topological polar surface area (TPSA) is 137 Å². The Hall–Kier alpha value is -2.54. The lowest BCUT2D eigenvalue weighted by molar-refractivity contribution is -0.175. The van der Waals surface area contributed by atoms with Crippen LogP contribution in [-0.2, 0) is 14.9 Å². The molecule has 1 aromatic carbocycles. The van der Waals surface area contributed by atoms with Crippen LogP contribution in [0.5, 0.6) is 0 Å². The van der Waals surface area contributed by atoms with E-state index in [0.29, 0.717) is 0 Å². The zero-order valence-corrected chi connectivity index (χ0v) is 15.4. The highest BCUT2D eigenvalue weighted by Gasteiger charge is 2.38. The van der Waals surface area contributed by atoms with Gasteiger partial charge in [-0.05, 0) is 31.2 Å². The number of hydrogen-bond acceptors (Lipinski definition) is 6. The van der Waals surface area contributed by atoms with E-state index < -0.39 is 35.0 Å². The van der Waals surface area contributed by atoms with Crippen molar-refractivity contribution in [2.75, 3.05) is 6.54 Å². The molecule has 156 valence electrons. The molecule has 0 saturated heterocycles. The molecule has 2 rings (SSSR count). The molecule has 4 N–H and O–H groups in total. The minimum Gasteiger partial charge on any atom is -0.367 e. The number of pyridine rings is 1. The van der Waals surface area contributed by atoms with Gasteiger partial charge in [-0.2, -0.15) is 21.6 Å². The lowest BCUT2D eigenvalue weighted by Gasteiger charge is -2.07. The smallest absolute Gasteiger partial charge is 0.367 e. The van der Waals surface area contributed by atoms with Crippen LogP contribution in [0.2, 0.25) is 0 Å². The van der Waals surface area contributed by atoms with Crippen LogP contribution in [0.4, 0.5) is 13.2 Å². The maximum absolute atomic E-state index is 11.3. The van der Waals surface area contributed by atoms with Gasteiger partial charge >= 0.3 is 12.1 Å². The van der Waals surface area contributed by atoms with Gasteiger partial charge in [0.2, 0.25) is 0 Å². The number of alkyl halides is 3. The first kappa shape index (κ1) is 25.5. The van der Waals surface area contributed by atoms with Crippen molar-refractivity contribution < 1.29 is 41.1 Å². The van der Waals surface area contributed by atoms with E-state index >= 15 is 0 Å². The molecule has 0 unspecified atom stereocenters. The van der Waals surface area contributed by atoms with E-state index in [4.69, 9.17) is 14.8 Å². The third-order valence-corrected chi connectivity index (χ3v) is 3.46. The largest absolute Gasteiger partial charge is 0.471 e. The van der Waals surface area contributed by atoms with E-state index in [9.17, 15) is 26.4 Å². The van der Waals surface area contributed by atoms with Crippen molar-refractivity contribution in [3.05, 3.63) is 60.4 Å². The second-order valence-corrected chi connectivity index (χ2v) is 6.42. The summed E-state index contributed by atoms with van der Waals surface area (Å²) in [6, 6.07) is 11.7. The van der Waals surface area contributed by atoms with Gasteiger partial charge in [-0.1, -0.05) is 23.8 Å². The van der Waals surface area contributed by atoms with Gasteiger partial charge in [0.25, 0.3) is 10.1 Å². The van der Waals surface area contributed by atoms with Gasteiger partial charge in [0.05, 0.1) is 11.4 Å². The van der Waals surface area contributed by atoms with Crippen LogP contribution >= 0.6 is 0 Å². The third-order valence-electron chi connectivity index (χ3n) is 2.59. The second-order valence-electron chi connectivity index (χ2n) is 5.00. The van der Waals surface area contributed by atoms with Crippen molar-refractivity contribution in [3.63, 3.8) is 0 Å². The predicted octanol–water partition coefficient (Wildman–Crippen LogP) is 1.30. The Morgan fingerprint density at radius 3 is 1.89 bits per heavy atom. The number of carbonyl (C=O) groups is 1. The van der Waals surface area contributed by atoms with E-state index in [-0.39, 0.29) is 4.90 Å². The number of aliphatic hydroxyl groups excluding tert-OH is 1. The van der Waals surface area contributed by atoms with Gasteiger partial charge in [-0.15, -0.1) is 0 Å². The minimum absolute atomic E-state index is 0.0666. The van der Waals surface area contributed by atoms with E-state index in [2.05, 4.69) is 4.98 Å². The van der Waals surface area contributed by atoms with Crippen molar-refractivity contribution in [2.24, 2.45) is 0 Å². The van der Waals surface area contributed by atoms with Crippen molar-refractivity contribution in [3.8, 4) is 0 Å². The Morgan fingerprint density at radius 1 is 1.11 bits per heavy atom. The number of nitrogens with zero attached hydrogens (tertiary/aromatic N) is 1. The molecule has 1 aromatic heterocycles. The zero-order chi connectivity index (χ0) is 21.8. The van der Waals surface area contributed by atoms with Crippen LogP contribution in [0.15, 0.2) is 59.8 Å². The monoisotopic (exact) mass is 424 g/mol. The Balaban J connectivity index is 0.000000407. The van der Waals surface area contributed by atoms with Gasteiger partial charge < -0.3 is 15.5 Å². The molecule has 0 bridgehead atoms. The van der Waals surface area contributed by atoms with Gasteiger partial charge in [0.1, 0.15) is 0 Å². The van der Waals surface area contributed by atoms with Crippen molar-refractivity contribution in [1.29, 1.82) is 0 Å². The summed E-state index contributed by atoms with van der Waals surface area (Å²) in [5, 5.41) is 17.3. The predicted molar refractivity (Wildman–Crippen MR) is 92.5 cm³/mol. The number of benzene rings is 1. The number of halogens is 3. The van der Waals surface area contributed by atoms with Crippen molar-refractivity contribution >= 4 is 16.0 Å². The average Bonchev–Trinajstić information content (AvgIpc) is 2.61. The summed E-state index contributed by atoms with van der Waals surface area (Å²) in [5.41, 5.74) is 0.956. The molecular formula is C16H19F3N2O6S. The number of hydrogen-bond donors (Lipinski definition) is 4. The van der Waals surface area contributed by atoms with Crippen LogP contribution in [0.3, 0.4) is 0 Å². The number of carbonyl (C=O) groups excluding carboxylic acids is 1. The van der Waals surface area contributed by atoms with Gasteiger partial charge in [-0.3, -0.25) is 14.3 Å². The maximum Gasteiger partial charge on any atom is 0.471 e. The number of nitrogens with one attached hydrogen (secondary N) is 1. The Labute approximate surface area is 159 Å².